The van der Waals surface area contributed by atoms with Gasteiger partial charge in [0.25, 0.3) is 0 Å². The molecule has 3 N–H and O–H groups in total. The molecule has 0 unspecified atom stereocenters. The lowest BCUT2D eigenvalue weighted by Crippen LogP contribution is -2.55. The van der Waals surface area contributed by atoms with E-state index in [0.717, 1.165) is 18.7 Å². The minimum absolute atomic E-state index is 0.137. The van der Waals surface area contributed by atoms with Gasteiger partial charge in [-0.2, -0.15) is 5.10 Å². The topological polar surface area (TPSA) is 106 Å². The summed E-state index contributed by atoms with van der Waals surface area (Å²) in [6, 6.07) is 5.49. The van der Waals surface area contributed by atoms with Crippen molar-refractivity contribution in [3.8, 4) is 0 Å². The molecule has 1 aliphatic heterocycles. The van der Waals surface area contributed by atoms with Gasteiger partial charge in [-0.05, 0) is 38.4 Å². The van der Waals surface area contributed by atoms with Crippen LogP contribution in [0.25, 0.3) is 0 Å². The van der Waals surface area contributed by atoms with Crippen LogP contribution in [0.5, 0.6) is 0 Å². The first kappa shape index (κ1) is 18.1. The van der Waals surface area contributed by atoms with Crippen LogP contribution in [0, 0.1) is 6.92 Å². The van der Waals surface area contributed by atoms with E-state index in [0.29, 0.717) is 24.3 Å². The molecule has 1 aliphatic rings. The standard InChI is InChI=1S/C18H24N6O2/c1-13-14(10-21-23(13)2)22-16(25)11-24-9-5-7-18(12-24,17(19)26)15-6-3-4-8-20-15/h3-4,6,8,10H,5,7,9,11-12H2,1-2H3,(H2,19,26)(H,22,25)/t18-/m0/s1. The van der Waals surface area contributed by atoms with Crippen LogP contribution in [0.15, 0.2) is 30.6 Å². The Kier molecular flexibility index (Phi) is 5.03. The molecule has 1 saturated heterocycles. The maximum Gasteiger partial charge on any atom is 0.238 e. The molecule has 0 aromatic carbocycles. The Hall–Kier alpha value is -2.74. The number of likely N-dealkylation sites (tertiary alicyclic amines) is 1. The zero-order valence-corrected chi connectivity index (χ0v) is 15.1. The number of aromatic nitrogens is 3. The normalized spacial score (nSPS) is 20.7. The second kappa shape index (κ2) is 7.25. The van der Waals surface area contributed by atoms with Gasteiger partial charge in [0, 0.05) is 19.8 Å². The van der Waals surface area contributed by atoms with Crippen LogP contribution < -0.4 is 11.1 Å². The summed E-state index contributed by atoms with van der Waals surface area (Å²) >= 11 is 0. The van der Waals surface area contributed by atoms with Crippen molar-refractivity contribution in [2.45, 2.75) is 25.2 Å². The lowest BCUT2D eigenvalue weighted by molar-refractivity contribution is -0.127. The number of rotatable bonds is 5. The van der Waals surface area contributed by atoms with E-state index in [1.165, 1.54) is 0 Å². The Bertz CT molecular complexity index is 803. The van der Waals surface area contributed by atoms with E-state index in [1.54, 1.807) is 17.1 Å². The minimum Gasteiger partial charge on any atom is -0.369 e. The summed E-state index contributed by atoms with van der Waals surface area (Å²) in [6.07, 6.45) is 4.71. The molecule has 8 heteroatoms. The van der Waals surface area contributed by atoms with Crippen molar-refractivity contribution in [2.24, 2.45) is 12.8 Å². The number of aryl methyl sites for hydroxylation is 1. The maximum atomic E-state index is 12.4. The van der Waals surface area contributed by atoms with Crippen molar-refractivity contribution in [1.29, 1.82) is 0 Å². The van der Waals surface area contributed by atoms with Crippen LogP contribution in [0.3, 0.4) is 0 Å². The summed E-state index contributed by atoms with van der Waals surface area (Å²) in [5, 5.41) is 7.00. The predicted octanol–water partition coefficient (Wildman–Crippen LogP) is 0.581. The number of pyridine rings is 1. The van der Waals surface area contributed by atoms with Gasteiger partial charge in [-0.3, -0.25) is 24.2 Å². The molecule has 0 radical (unpaired) electrons. The number of anilines is 1. The molecule has 0 spiro atoms. The summed E-state index contributed by atoms with van der Waals surface area (Å²) in [5.41, 5.74) is 7.15. The van der Waals surface area contributed by atoms with Gasteiger partial charge in [0.15, 0.2) is 0 Å². The van der Waals surface area contributed by atoms with Gasteiger partial charge in [-0.1, -0.05) is 6.07 Å². The average molecular weight is 356 g/mol. The fourth-order valence-corrected chi connectivity index (χ4v) is 3.48. The number of amides is 2. The van der Waals surface area contributed by atoms with Crippen LogP contribution in [0.2, 0.25) is 0 Å². The number of nitrogens with zero attached hydrogens (tertiary/aromatic N) is 4. The highest BCUT2D eigenvalue weighted by molar-refractivity contribution is 5.93. The summed E-state index contributed by atoms with van der Waals surface area (Å²) in [6.45, 7) is 3.21. The van der Waals surface area contributed by atoms with Crippen LogP contribution in [0.1, 0.15) is 24.2 Å². The molecule has 0 saturated carbocycles. The fraction of sp³-hybridized carbons (Fsp3) is 0.444. The van der Waals surface area contributed by atoms with Crippen LogP contribution in [-0.4, -0.2) is 51.1 Å². The lowest BCUT2D eigenvalue weighted by atomic mass is 9.76. The second-order valence-electron chi connectivity index (χ2n) is 6.79. The van der Waals surface area contributed by atoms with E-state index in [1.807, 2.05) is 37.1 Å². The largest absolute Gasteiger partial charge is 0.369 e. The van der Waals surface area contributed by atoms with Gasteiger partial charge in [0.2, 0.25) is 11.8 Å². The lowest BCUT2D eigenvalue weighted by Gasteiger charge is -2.40. The van der Waals surface area contributed by atoms with Crippen LogP contribution in [0.4, 0.5) is 5.69 Å². The van der Waals surface area contributed by atoms with Crippen LogP contribution >= 0.6 is 0 Å². The number of hydrogen-bond acceptors (Lipinski definition) is 5. The SMILES string of the molecule is Cc1c(NC(=O)CN2CCC[C@@](C(N)=O)(c3ccccn3)C2)cnn1C. The van der Waals surface area contributed by atoms with E-state index in [-0.39, 0.29) is 12.5 Å². The Labute approximate surface area is 152 Å². The molecule has 2 aromatic heterocycles. The number of nitrogens with two attached hydrogens (primary N) is 1. The third-order valence-electron chi connectivity index (χ3n) is 5.07. The summed E-state index contributed by atoms with van der Waals surface area (Å²) in [7, 11) is 1.82. The summed E-state index contributed by atoms with van der Waals surface area (Å²) in [5.74, 6) is -0.535. The van der Waals surface area contributed by atoms with E-state index in [2.05, 4.69) is 15.4 Å². The van der Waals surface area contributed by atoms with Gasteiger partial charge in [-0.25, -0.2) is 0 Å². The van der Waals surface area contributed by atoms with Gasteiger partial charge in [-0.15, -0.1) is 0 Å². The van der Waals surface area contributed by atoms with Crippen molar-refractivity contribution in [1.82, 2.24) is 19.7 Å². The molecule has 138 valence electrons. The van der Waals surface area contributed by atoms with Crippen molar-refractivity contribution < 1.29 is 9.59 Å². The highest BCUT2D eigenvalue weighted by Crippen LogP contribution is 2.32. The average Bonchev–Trinajstić information content (AvgIpc) is 2.94. The van der Waals surface area contributed by atoms with Gasteiger partial charge in [0.1, 0.15) is 5.41 Å². The number of carbonyl (C=O) groups is 2. The zero-order chi connectivity index (χ0) is 18.7. The molecular weight excluding hydrogens is 332 g/mol. The summed E-state index contributed by atoms with van der Waals surface area (Å²) in [4.78, 5) is 31.0. The number of primary amides is 1. The zero-order valence-electron chi connectivity index (χ0n) is 15.1. The van der Waals surface area contributed by atoms with Crippen molar-refractivity contribution >= 4 is 17.5 Å². The Morgan fingerprint density at radius 3 is 2.81 bits per heavy atom. The highest BCUT2D eigenvalue weighted by Gasteiger charge is 2.43. The monoisotopic (exact) mass is 356 g/mol. The third-order valence-corrected chi connectivity index (χ3v) is 5.07. The smallest absolute Gasteiger partial charge is 0.238 e. The van der Waals surface area contributed by atoms with E-state index >= 15 is 0 Å². The van der Waals surface area contributed by atoms with Crippen molar-refractivity contribution in [3.05, 3.63) is 42.0 Å². The molecule has 26 heavy (non-hydrogen) atoms. The summed E-state index contributed by atoms with van der Waals surface area (Å²) < 4.78 is 1.70. The first-order valence-corrected chi connectivity index (χ1v) is 8.64. The number of nitrogens with one attached hydrogen (secondary N) is 1. The molecule has 1 atom stereocenters. The third kappa shape index (κ3) is 3.45. The molecule has 3 rings (SSSR count). The Morgan fingerprint density at radius 1 is 1.38 bits per heavy atom. The van der Waals surface area contributed by atoms with Gasteiger partial charge < -0.3 is 11.1 Å². The molecule has 2 aromatic rings. The minimum atomic E-state index is -0.857. The molecule has 0 aliphatic carbocycles. The number of carbonyl (C=O) groups excluding carboxylic acids is 2. The molecule has 3 heterocycles. The molecule has 0 bridgehead atoms. The first-order chi connectivity index (χ1) is 12.4. The van der Waals surface area contributed by atoms with Crippen molar-refractivity contribution in [2.75, 3.05) is 25.0 Å². The highest BCUT2D eigenvalue weighted by atomic mass is 16.2. The van der Waals surface area contributed by atoms with Gasteiger partial charge in [0.05, 0.1) is 29.8 Å². The Morgan fingerprint density at radius 2 is 2.19 bits per heavy atom. The molecular formula is C18H24N6O2. The van der Waals surface area contributed by atoms with Crippen LogP contribution in [-0.2, 0) is 22.1 Å². The quantitative estimate of drug-likeness (QED) is 0.815. The second-order valence-corrected chi connectivity index (χ2v) is 6.79. The van der Waals surface area contributed by atoms with Crippen molar-refractivity contribution in [3.63, 3.8) is 0 Å². The van der Waals surface area contributed by atoms with E-state index < -0.39 is 11.3 Å². The number of hydrogen-bond donors (Lipinski definition) is 2. The van der Waals surface area contributed by atoms with E-state index in [4.69, 9.17) is 5.73 Å². The molecule has 2 amide bonds. The Balaban J connectivity index is 1.72. The number of piperidine rings is 1. The molecule has 1 fully saturated rings. The maximum absolute atomic E-state index is 12.4. The van der Waals surface area contributed by atoms with E-state index in [9.17, 15) is 9.59 Å². The predicted molar refractivity (Wildman–Crippen MR) is 97.4 cm³/mol. The fourth-order valence-electron chi connectivity index (χ4n) is 3.48. The van der Waals surface area contributed by atoms with Gasteiger partial charge >= 0.3 is 0 Å². The first-order valence-electron chi connectivity index (χ1n) is 8.64. The molecule has 8 nitrogen and oxygen atoms in total.